The SMILES string of the molecule is C#N.Oc1ccc(NC2CCC2)cc1. The van der Waals surface area contributed by atoms with Gasteiger partial charge in [0, 0.05) is 18.3 Å². The molecule has 0 bridgehead atoms. The summed E-state index contributed by atoms with van der Waals surface area (Å²) in [5.41, 5.74) is 1.11. The summed E-state index contributed by atoms with van der Waals surface area (Å²) in [6, 6.07) is 7.90. The lowest BCUT2D eigenvalue weighted by molar-refractivity contribution is 0.445. The van der Waals surface area contributed by atoms with Crippen LogP contribution in [0.1, 0.15) is 19.3 Å². The van der Waals surface area contributed by atoms with Gasteiger partial charge in [0.1, 0.15) is 5.75 Å². The fourth-order valence-corrected chi connectivity index (χ4v) is 1.35. The lowest BCUT2D eigenvalue weighted by Crippen LogP contribution is -2.26. The Morgan fingerprint density at radius 3 is 2.21 bits per heavy atom. The van der Waals surface area contributed by atoms with Gasteiger partial charge in [0.15, 0.2) is 0 Å². The molecule has 0 spiro atoms. The van der Waals surface area contributed by atoms with Crippen LogP contribution in [-0.2, 0) is 0 Å². The molecule has 1 aliphatic rings. The van der Waals surface area contributed by atoms with Crippen molar-refractivity contribution in [3.63, 3.8) is 0 Å². The van der Waals surface area contributed by atoms with Crippen LogP contribution in [0.3, 0.4) is 0 Å². The van der Waals surface area contributed by atoms with E-state index in [0.717, 1.165) is 5.69 Å². The third-order valence-corrected chi connectivity index (χ3v) is 2.34. The fourth-order valence-electron chi connectivity index (χ4n) is 1.35. The summed E-state index contributed by atoms with van der Waals surface area (Å²) >= 11 is 0. The maximum atomic E-state index is 9.03. The molecule has 0 atom stereocenters. The fraction of sp³-hybridized carbons (Fsp3) is 0.364. The van der Waals surface area contributed by atoms with Crippen molar-refractivity contribution >= 4 is 5.69 Å². The van der Waals surface area contributed by atoms with E-state index in [0.29, 0.717) is 11.8 Å². The van der Waals surface area contributed by atoms with Gasteiger partial charge in [-0.15, -0.1) is 0 Å². The molecule has 3 nitrogen and oxygen atoms in total. The zero-order valence-corrected chi connectivity index (χ0v) is 7.98. The summed E-state index contributed by atoms with van der Waals surface area (Å²) in [5, 5.41) is 18.9. The molecule has 0 heterocycles. The third kappa shape index (κ3) is 2.67. The summed E-state index contributed by atoms with van der Waals surface area (Å²) in [6.45, 7) is 3.50. The smallest absolute Gasteiger partial charge is 0.115 e. The second kappa shape index (κ2) is 5.13. The molecular formula is C11H14N2O. The summed E-state index contributed by atoms with van der Waals surface area (Å²) in [7, 11) is 0. The largest absolute Gasteiger partial charge is 0.508 e. The maximum absolute atomic E-state index is 9.03. The molecule has 1 fully saturated rings. The van der Waals surface area contributed by atoms with E-state index in [1.54, 1.807) is 12.1 Å². The molecule has 74 valence electrons. The number of phenolic OH excluding ortho intramolecular Hbond substituents is 1. The average Bonchev–Trinajstić information content (AvgIpc) is 2.17. The Bertz CT molecular complexity index is 288. The van der Waals surface area contributed by atoms with Gasteiger partial charge in [-0.25, -0.2) is 5.26 Å². The zero-order chi connectivity index (χ0) is 10.4. The number of hydrogen-bond donors (Lipinski definition) is 2. The molecule has 14 heavy (non-hydrogen) atoms. The monoisotopic (exact) mass is 190 g/mol. The molecule has 0 radical (unpaired) electrons. The van der Waals surface area contributed by atoms with Crippen LogP contribution >= 0.6 is 0 Å². The maximum Gasteiger partial charge on any atom is 0.115 e. The van der Waals surface area contributed by atoms with Gasteiger partial charge < -0.3 is 10.4 Å². The first-order chi connectivity index (χ1) is 6.84. The third-order valence-electron chi connectivity index (χ3n) is 2.34. The zero-order valence-electron chi connectivity index (χ0n) is 7.98. The van der Waals surface area contributed by atoms with Crippen molar-refractivity contribution in [1.82, 2.24) is 0 Å². The summed E-state index contributed by atoms with van der Waals surface area (Å²) in [4.78, 5) is 0. The quantitative estimate of drug-likeness (QED) is 0.704. The number of aromatic hydroxyl groups is 1. The number of rotatable bonds is 2. The average molecular weight is 190 g/mol. The number of anilines is 1. The molecule has 2 rings (SSSR count). The Hall–Kier alpha value is -1.69. The lowest BCUT2D eigenvalue weighted by atomic mass is 9.93. The van der Waals surface area contributed by atoms with Crippen molar-refractivity contribution in [3.8, 4) is 12.3 Å². The van der Waals surface area contributed by atoms with E-state index < -0.39 is 0 Å². The van der Waals surface area contributed by atoms with Crippen molar-refractivity contribution < 1.29 is 5.11 Å². The minimum Gasteiger partial charge on any atom is -0.508 e. The van der Waals surface area contributed by atoms with Crippen LogP contribution in [-0.4, -0.2) is 11.1 Å². The van der Waals surface area contributed by atoms with E-state index in [2.05, 4.69) is 11.9 Å². The molecule has 1 aromatic carbocycles. The van der Waals surface area contributed by atoms with Gasteiger partial charge in [0.25, 0.3) is 0 Å². The predicted molar refractivity (Wildman–Crippen MR) is 56.0 cm³/mol. The first kappa shape index (κ1) is 10.4. The Morgan fingerprint density at radius 2 is 1.79 bits per heavy atom. The molecule has 0 aromatic heterocycles. The normalized spacial score (nSPS) is 14.7. The molecule has 2 N–H and O–H groups in total. The Balaban J connectivity index is 0.000000461. The van der Waals surface area contributed by atoms with Gasteiger partial charge in [-0.1, -0.05) is 0 Å². The first-order valence-corrected chi connectivity index (χ1v) is 4.66. The van der Waals surface area contributed by atoms with E-state index >= 15 is 0 Å². The van der Waals surface area contributed by atoms with Crippen LogP contribution < -0.4 is 5.32 Å². The Labute approximate surface area is 84.0 Å². The minimum absolute atomic E-state index is 0.328. The van der Waals surface area contributed by atoms with E-state index in [1.165, 1.54) is 19.3 Å². The standard InChI is InChI=1S/C10H13NO.CHN/c12-10-6-4-9(5-7-10)11-8-2-1-3-8;1-2/h4-8,11-12H,1-3H2;1H. The molecular weight excluding hydrogens is 176 g/mol. The van der Waals surface area contributed by atoms with Gasteiger partial charge in [-0.2, -0.15) is 0 Å². The van der Waals surface area contributed by atoms with Crippen LogP contribution in [0.4, 0.5) is 5.69 Å². The molecule has 1 saturated carbocycles. The topological polar surface area (TPSA) is 56.0 Å². The van der Waals surface area contributed by atoms with Crippen LogP contribution in [0.25, 0.3) is 0 Å². The second-order valence-corrected chi connectivity index (χ2v) is 3.32. The van der Waals surface area contributed by atoms with Crippen LogP contribution in [0.2, 0.25) is 0 Å². The molecule has 3 heteroatoms. The number of nitrogens with zero attached hydrogens (tertiary/aromatic N) is 1. The lowest BCUT2D eigenvalue weighted by Gasteiger charge is -2.27. The highest BCUT2D eigenvalue weighted by Gasteiger charge is 2.16. The molecule has 0 aliphatic heterocycles. The van der Waals surface area contributed by atoms with Crippen LogP contribution in [0, 0.1) is 11.8 Å². The molecule has 0 unspecified atom stereocenters. The van der Waals surface area contributed by atoms with Gasteiger partial charge in [0.05, 0.1) is 0 Å². The van der Waals surface area contributed by atoms with Crippen LogP contribution in [0.5, 0.6) is 5.75 Å². The number of nitriles is 1. The van der Waals surface area contributed by atoms with Crippen molar-refractivity contribution in [2.75, 3.05) is 5.32 Å². The molecule has 1 aromatic rings. The first-order valence-electron chi connectivity index (χ1n) is 4.66. The minimum atomic E-state index is 0.328. The number of nitrogens with one attached hydrogen (secondary N) is 1. The van der Waals surface area contributed by atoms with Crippen molar-refractivity contribution in [1.29, 1.82) is 5.26 Å². The van der Waals surface area contributed by atoms with Crippen molar-refractivity contribution in [3.05, 3.63) is 24.3 Å². The van der Waals surface area contributed by atoms with E-state index in [4.69, 9.17) is 10.4 Å². The van der Waals surface area contributed by atoms with E-state index in [-0.39, 0.29) is 0 Å². The molecule has 0 saturated heterocycles. The molecule has 0 amide bonds. The summed E-state index contributed by atoms with van der Waals surface area (Å²) < 4.78 is 0. The van der Waals surface area contributed by atoms with Gasteiger partial charge in [-0.3, -0.25) is 0 Å². The highest BCUT2D eigenvalue weighted by atomic mass is 16.3. The van der Waals surface area contributed by atoms with Gasteiger partial charge >= 0.3 is 0 Å². The number of hydrogen-bond acceptors (Lipinski definition) is 3. The van der Waals surface area contributed by atoms with E-state index in [9.17, 15) is 0 Å². The molecule has 1 aliphatic carbocycles. The van der Waals surface area contributed by atoms with Crippen molar-refractivity contribution in [2.45, 2.75) is 25.3 Å². The van der Waals surface area contributed by atoms with Crippen molar-refractivity contribution in [2.24, 2.45) is 0 Å². The highest BCUT2D eigenvalue weighted by molar-refractivity contribution is 5.46. The predicted octanol–water partition coefficient (Wildman–Crippen LogP) is 2.50. The Kier molecular flexibility index (Phi) is 3.81. The second-order valence-electron chi connectivity index (χ2n) is 3.32. The summed E-state index contributed by atoms with van der Waals surface area (Å²) in [5.74, 6) is 0.328. The highest BCUT2D eigenvalue weighted by Crippen LogP contribution is 2.23. The summed E-state index contributed by atoms with van der Waals surface area (Å²) in [6.07, 6.45) is 3.90. The Morgan fingerprint density at radius 1 is 1.21 bits per heavy atom. The van der Waals surface area contributed by atoms with Crippen LogP contribution in [0.15, 0.2) is 24.3 Å². The van der Waals surface area contributed by atoms with Gasteiger partial charge in [-0.05, 0) is 43.5 Å². The number of phenols is 1. The number of benzene rings is 1. The van der Waals surface area contributed by atoms with E-state index in [1.807, 2.05) is 12.1 Å². The van der Waals surface area contributed by atoms with Gasteiger partial charge in [0.2, 0.25) is 0 Å².